The van der Waals surface area contributed by atoms with Gasteiger partial charge in [-0.2, -0.15) is 0 Å². The van der Waals surface area contributed by atoms with Crippen LogP contribution in [-0.2, 0) is 11.3 Å². The molecular weight excluding hydrogens is 228 g/mol. The second kappa shape index (κ2) is 4.34. The number of imide groups is 1. The molecule has 1 aliphatic rings. The first-order valence-corrected chi connectivity index (χ1v) is 4.85. The molecule has 2 rings (SSSR count). The van der Waals surface area contributed by atoms with Crippen molar-refractivity contribution >= 4 is 11.9 Å². The van der Waals surface area contributed by atoms with Crippen LogP contribution in [0.2, 0.25) is 0 Å². The third-order valence-corrected chi connectivity index (χ3v) is 2.46. The topological polar surface area (TPSA) is 118 Å². The Bertz CT molecular complexity index is 444. The molecule has 90 valence electrons. The van der Waals surface area contributed by atoms with Crippen molar-refractivity contribution in [2.24, 2.45) is 10.9 Å². The Morgan fingerprint density at radius 2 is 2.29 bits per heavy atom. The zero-order valence-electron chi connectivity index (χ0n) is 8.70. The lowest BCUT2D eigenvalue weighted by Gasteiger charge is -2.34. The van der Waals surface area contributed by atoms with Gasteiger partial charge in [0.25, 0.3) is 5.91 Å². The summed E-state index contributed by atoms with van der Waals surface area (Å²) in [5.74, 6) is -0.289. The van der Waals surface area contributed by atoms with E-state index in [-0.39, 0.29) is 6.54 Å². The molecule has 17 heavy (non-hydrogen) atoms. The number of nitrogens with two attached hydrogens (primary N) is 1. The highest BCUT2D eigenvalue weighted by atomic mass is 16.3. The smallest absolute Gasteiger partial charge is 0.325 e. The van der Waals surface area contributed by atoms with E-state index in [1.165, 1.54) is 6.26 Å². The standard InChI is InChI=1S/C9H10N4O4/c10-7-6(12-16)8(14)11-9(15)13(7)4-5-2-1-3-17-5/h1-3,6-7H,4,10H2,(H,11,14,15). The molecule has 8 heteroatoms. The SMILES string of the molecule is NC1C(N=O)C(=O)NC(=O)N1Cc1ccco1. The molecule has 2 unspecified atom stereocenters. The van der Waals surface area contributed by atoms with Crippen molar-refractivity contribution in [2.75, 3.05) is 0 Å². The Labute approximate surface area is 95.7 Å². The van der Waals surface area contributed by atoms with Crippen molar-refractivity contribution < 1.29 is 14.0 Å². The number of amides is 3. The lowest BCUT2D eigenvalue weighted by Crippen LogP contribution is -2.65. The van der Waals surface area contributed by atoms with Gasteiger partial charge in [-0.1, -0.05) is 5.18 Å². The molecule has 1 fully saturated rings. The zero-order chi connectivity index (χ0) is 12.4. The van der Waals surface area contributed by atoms with Crippen LogP contribution in [0, 0.1) is 4.91 Å². The van der Waals surface area contributed by atoms with Crippen LogP contribution in [0.4, 0.5) is 4.79 Å². The van der Waals surface area contributed by atoms with E-state index in [0.29, 0.717) is 5.76 Å². The molecule has 1 aromatic heterocycles. The third-order valence-electron chi connectivity index (χ3n) is 2.46. The van der Waals surface area contributed by atoms with Crippen molar-refractivity contribution in [3.63, 3.8) is 0 Å². The van der Waals surface area contributed by atoms with E-state index < -0.39 is 24.1 Å². The molecule has 2 atom stereocenters. The fraction of sp³-hybridized carbons (Fsp3) is 0.333. The molecule has 0 aromatic carbocycles. The number of urea groups is 1. The first-order chi connectivity index (χ1) is 8.13. The number of carbonyl (C=O) groups excluding carboxylic acids is 2. The molecule has 1 aromatic rings. The first-order valence-electron chi connectivity index (χ1n) is 4.85. The normalized spacial score (nSPS) is 24.6. The maximum Gasteiger partial charge on any atom is 0.325 e. The monoisotopic (exact) mass is 238 g/mol. The van der Waals surface area contributed by atoms with Gasteiger partial charge in [0, 0.05) is 0 Å². The molecule has 8 nitrogen and oxygen atoms in total. The summed E-state index contributed by atoms with van der Waals surface area (Å²) < 4.78 is 5.06. The highest BCUT2D eigenvalue weighted by Gasteiger charge is 2.40. The molecule has 3 amide bonds. The Morgan fingerprint density at radius 3 is 2.88 bits per heavy atom. The maximum absolute atomic E-state index is 11.5. The number of rotatable bonds is 3. The average molecular weight is 238 g/mol. The van der Waals surface area contributed by atoms with Gasteiger partial charge < -0.3 is 10.2 Å². The van der Waals surface area contributed by atoms with E-state index in [0.717, 1.165) is 4.90 Å². The van der Waals surface area contributed by atoms with Crippen molar-refractivity contribution in [1.29, 1.82) is 0 Å². The highest BCUT2D eigenvalue weighted by molar-refractivity contribution is 6.00. The summed E-state index contributed by atoms with van der Waals surface area (Å²) in [6.45, 7) is 0.0687. The second-order valence-electron chi connectivity index (χ2n) is 3.54. The molecule has 3 N–H and O–H groups in total. The number of nitrogens with zero attached hydrogens (tertiary/aromatic N) is 2. The van der Waals surface area contributed by atoms with E-state index in [1.54, 1.807) is 12.1 Å². The van der Waals surface area contributed by atoms with Crippen LogP contribution < -0.4 is 11.1 Å². The molecule has 1 aliphatic heterocycles. The molecule has 0 bridgehead atoms. The van der Waals surface area contributed by atoms with E-state index in [1.807, 2.05) is 5.32 Å². The van der Waals surface area contributed by atoms with E-state index in [2.05, 4.69) is 5.18 Å². The first kappa shape index (κ1) is 11.3. The van der Waals surface area contributed by atoms with Gasteiger partial charge in [-0.05, 0) is 12.1 Å². The number of hydrogen-bond donors (Lipinski definition) is 2. The van der Waals surface area contributed by atoms with Crippen molar-refractivity contribution in [2.45, 2.75) is 18.8 Å². The molecule has 0 aliphatic carbocycles. The van der Waals surface area contributed by atoms with Crippen LogP contribution in [-0.4, -0.2) is 29.0 Å². The molecule has 0 spiro atoms. The Hall–Kier alpha value is -2.22. The number of furan rings is 1. The minimum atomic E-state index is -1.30. The van der Waals surface area contributed by atoms with Gasteiger partial charge >= 0.3 is 6.03 Å². The average Bonchev–Trinajstić information content (AvgIpc) is 2.77. The van der Waals surface area contributed by atoms with Crippen LogP contribution in [0.15, 0.2) is 28.0 Å². The van der Waals surface area contributed by atoms with Crippen LogP contribution >= 0.6 is 0 Å². The van der Waals surface area contributed by atoms with Gasteiger partial charge in [0.05, 0.1) is 12.8 Å². The van der Waals surface area contributed by atoms with E-state index in [9.17, 15) is 14.5 Å². The third kappa shape index (κ3) is 2.02. The number of nitrogens with one attached hydrogen (secondary N) is 1. The summed E-state index contributed by atoms with van der Waals surface area (Å²) in [7, 11) is 0. The maximum atomic E-state index is 11.5. The Balaban J connectivity index is 2.17. The predicted molar refractivity (Wildman–Crippen MR) is 55.3 cm³/mol. The minimum absolute atomic E-state index is 0.0687. The fourth-order valence-corrected chi connectivity index (χ4v) is 1.57. The largest absolute Gasteiger partial charge is 0.467 e. The van der Waals surface area contributed by atoms with Gasteiger partial charge in [-0.3, -0.25) is 15.0 Å². The van der Waals surface area contributed by atoms with Gasteiger partial charge in [-0.25, -0.2) is 4.79 Å². The molecule has 0 saturated carbocycles. The molecular formula is C9H10N4O4. The quantitative estimate of drug-likeness (QED) is 0.704. The number of carbonyl (C=O) groups is 2. The summed E-state index contributed by atoms with van der Waals surface area (Å²) in [6, 6.07) is 1.34. The van der Waals surface area contributed by atoms with Crippen molar-refractivity contribution in [1.82, 2.24) is 10.2 Å². The predicted octanol–water partition coefficient (Wildman–Crippen LogP) is -0.249. The van der Waals surface area contributed by atoms with Gasteiger partial charge in [0.15, 0.2) is 0 Å². The molecule has 0 radical (unpaired) electrons. The molecule has 2 heterocycles. The van der Waals surface area contributed by atoms with Crippen molar-refractivity contribution in [3.8, 4) is 0 Å². The number of nitroso groups, excluding NO2 is 1. The zero-order valence-corrected chi connectivity index (χ0v) is 8.70. The Kier molecular flexibility index (Phi) is 2.88. The van der Waals surface area contributed by atoms with Crippen molar-refractivity contribution in [3.05, 3.63) is 29.1 Å². The van der Waals surface area contributed by atoms with Gasteiger partial charge in [0.2, 0.25) is 6.04 Å². The molecule has 1 saturated heterocycles. The van der Waals surface area contributed by atoms with Crippen LogP contribution in [0.5, 0.6) is 0 Å². The fourth-order valence-electron chi connectivity index (χ4n) is 1.57. The van der Waals surface area contributed by atoms with Crippen LogP contribution in [0.3, 0.4) is 0 Å². The summed E-state index contributed by atoms with van der Waals surface area (Å²) >= 11 is 0. The lowest BCUT2D eigenvalue weighted by atomic mass is 10.1. The summed E-state index contributed by atoms with van der Waals surface area (Å²) in [4.78, 5) is 34.4. The van der Waals surface area contributed by atoms with Gasteiger partial charge in [-0.15, -0.1) is 4.91 Å². The van der Waals surface area contributed by atoms with E-state index >= 15 is 0 Å². The van der Waals surface area contributed by atoms with E-state index in [4.69, 9.17) is 10.2 Å². The number of hydrogen-bond acceptors (Lipinski definition) is 6. The van der Waals surface area contributed by atoms with Crippen LogP contribution in [0.25, 0.3) is 0 Å². The Morgan fingerprint density at radius 1 is 1.53 bits per heavy atom. The van der Waals surface area contributed by atoms with Crippen LogP contribution in [0.1, 0.15) is 5.76 Å². The van der Waals surface area contributed by atoms with Gasteiger partial charge in [0.1, 0.15) is 11.9 Å². The summed E-state index contributed by atoms with van der Waals surface area (Å²) in [5.41, 5.74) is 5.64. The highest BCUT2D eigenvalue weighted by Crippen LogP contribution is 2.14. The minimum Gasteiger partial charge on any atom is -0.467 e. The lowest BCUT2D eigenvalue weighted by molar-refractivity contribution is -0.124. The summed E-state index contributed by atoms with van der Waals surface area (Å²) in [5, 5.41) is 4.62. The summed E-state index contributed by atoms with van der Waals surface area (Å²) in [6.07, 6.45) is 0.363. The second-order valence-corrected chi connectivity index (χ2v) is 3.54.